The van der Waals surface area contributed by atoms with Crippen molar-refractivity contribution in [3.05, 3.63) is 29.8 Å². The van der Waals surface area contributed by atoms with E-state index in [1.165, 1.54) is 51.4 Å². The maximum atomic E-state index is 12.3. The Morgan fingerprint density at radius 1 is 0.885 bits per heavy atom. The van der Waals surface area contributed by atoms with Crippen LogP contribution < -0.4 is 10.1 Å². The summed E-state index contributed by atoms with van der Waals surface area (Å²) in [6.07, 6.45) is 10.3. The molecule has 4 heteroatoms. The zero-order valence-corrected chi connectivity index (χ0v) is 17.1. The molecule has 148 valence electrons. The Labute approximate surface area is 160 Å². The molecule has 1 N–H and O–H groups in total. The van der Waals surface area contributed by atoms with Gasteiger partial charge in [-0.1, -0.05) is 52.4 Å². The number of carbonyl (C=O) groups is 1. The smallest absolute Gasteiger partial charge is 0.251 e. The lowest BCUT2D eigenvalue weighted by molar-refractivity contribution is 0.0948. The van der Waals surface area contributed by atoms with E-state index in [1.54, 1.807) is 19.2 Å². The molecular formula is C22H38N2O2. The average molecular weight is 363 g/mol. The predicted molar refractivity (Wildman–Crippen MR) is 110 cm³/mol. The first-order valence-corrected chi connectivity index (χ1v) is 10.4. The van der Waals surface area contributed by atoms with Gasteiger partial charge in [0.1, 0.15) is 5.75 Å². The van der Waals surface area contributed by atoms with Gasteiger partial charge in [0, 0.05) is 18.7 Å². The second-order valence-electron chi connectivity index (χ2n) is 6.95. The van der Waals surface area contributed by atoms with Crippen molar-refractivity contribution >= 4 is 5.91 Å². The largest absolute Gasteiger partial charge is 0.497 e. The van der Waals surface area contributed by atoms with Crippen molar-refractivity contribution in [2.45, 2.75) is 65.2 Å². The number of rotatable bonds is 15. The fraction of sp³-hybridized carbons (Fsp3) is 0.682. The van der Waals surface area contributed by atoms with E-state index in [1.807, 2.05) is 12.1 Å². The summed E-state index contributed by atoms with van der Waals surface area (Å²) in [5.41, 5.74) is 0.684. The molecule has 0 aliphatic carbocycles. The van der Waals surface area contributed by atoms with Crippen molar-refractivity contribution in [3.63, 3.8) is 0 Å². The Kier molecular flexibility index (Phi) is 12.6. The minimum atomic E-state index is -0.00966. The number of methoxy groups -OCH3 is 1. The number of ether oxygens (including phenoxy) is 1. The number of nitrogens with zero attached hydrogens (tertiary/aromatic N) is 1. The van der Waals surface area contributed by atoms with Gasteiger partial charge >= 0.3 is 0 Å². The van der Waals surface area contributed by atoms with Crippen molar-refractivity contribution in [2.24, 2.45) is 0 Å². The Hall–Kier alpha value is -1.55. The number of hydrogen-bond donors (Lipinski definition) is 1. The highest BCUT2D eigenvalue weighted by Gasteiger charge is 2.08. The highest BCUT2D eigenvalue weighted by Crippen LogP contribution is 2.11. The van der Waals surface area contributed by atoms with Crippen LogP contribution in [0, 0.1) is 0 Å². The molecule has 1 rings (SSSR count). The van der Waals surface area contributed by atoms with Crippen molar-refractivity contribution < 1.29 is 9.53 Å². The first-order chi connectivity index (χ1) is 12.7. The van der Waals surface area contributed by atoms with Crippen LogP contribution in [0.15, 0.2) is 24.3 Å². The van der Waals surface area contributed by atoms with Gasteiger partial charge in [0.2, 0.25) is 0 Å². The SMILES string of the molecule is CCCCCCN(CCCCCC)CCNC(=O)c1ccc(OC)cc1. The molecule has 0 aliphatic rings. The highest BCUT2D eigenvalue weighted by atomic mass is 16.5. The molecule has 0 spiro atoms. The lowest BCUT2D eigenvalue weighted by Crippen LogP contribution is -2.36. The van der Waals surface area contributed by atoms with Crippen molar-refractivity contribution in [1.29, 1.82) is 0 Å². The fourth-order valence-electron chi connectivity index (χ4n) is 3.03. The second-order valence-corrected chi connectivity index (χ2v) is 6.95. The van der Waals surface area contributed by atoms with Gasteiger partial charge in [-0.25, -0.2) is 0 Å². The van der Waals surface area contributed by atoms with E-state index >= 15 is 0 Å². The molecule has 0 heterocycles. The zero-order valence-electron chi connectivity index (χ0n) is 17.1. The number of carbonyl (C=O) groups excluding carboxylic acids is 1. The number of unbranched alkanes of at least 4 members (excludes halogenated alkanes) is 6. The van der Waals surface area contributed by atoms with Gasteiger partial charge in [0.25, 0.3) is 5.91 Å². The third-order valence-corrected chi connectivity index (χ3v) is 4.72. The van der Waals surface area contributed by atoms with Crippen LogP contribution in [-0.2, 0) is 0 Å². The topological polar surface area (TPSA) is 41.6 Å². The molecular weight excluding hydrogens is 324 g/mol. The molecule has 0 fully saturated rings. The Bertz CT molecular complexity index is 462. The number of benzene rings is 1. The minimum Gasteiger partial charge on any atom is -0.497 e. The third kappa shape index (κ3) is 9.81. The van der Waals surface area contributed by atoms with Gasteiger partial charge in [-0.05, 0) is 50.2 Å². The molecule has 0 bridgehead atoms. The zero-order chi connectivity index (χ0) is 19.0. The van der Waals surface area contributed by atoms with E-state index in [4.69, 9.17) is 4.74 Å². The second kappa shape index (κ2) is 14.6. The van der Waals surface area contributed by atoms with Crippen LogP contribution in [0.2, 0.25) is 0 Å². The van der Waals surface area contributed by atoms with Gasteiger partial charge in [-0.2, -0.15) is 0 Å². The van der Waals surface area contributed by atoms with Crippen LogP contribution in [-0.4, -0.2) is 44.1 Å². The van der Waals surface area contributed by atoms with Crippen molar-refractivity contribution in [1.82, 2.24) is 10.2 Å². The number of nitrogens with one attached hydrogen (secondary N) is 1. The lowest BCUT2D eigenvalue weighted by atomic mass is 10.1. The van der Waals surface area contributed by atoms with Gasteiger partial charge in [-0.3, -0.25) is 4.79 Å². The lowest BCUT2D eigenvalue weighted by Gasteiger charge is -2.22. The molecule has 0 radical (unpaired) electrons. The van der Waals surface area contributed by atoms with Crippen LogP contribution in [0.4, 0.5) is 0 Å². The standard InChI is InChI=1S/C22H38N2O2/c1-4-6-8-10-17-24(18-11-9-7-5-2)19-16-23-22(25)20-12-14-21(26-3)15-13-20/h12-15H,4-11,16-19H2,1-3H3,(H,23,25). The van der Waals surface area contributed by atoms with E-state index in [0.717, 1.165) is 25.4 Å². The van der Waals surface area contributed by atoms with Crippen LogP contribution in [0.3, 0.4) is 0 Å². The quantitative estimate of drug-likeness (QED) is 0.452. The summed E-state index contributed by atoms with van der Waals surface area (Å²) >= 11 is 0. The fourth-order valence-corrected chi connectivity index (χ4v) is 3.03. The van der Waals surface area contributed by atoms with Crippen molar-refractivity contribution in [3.8, 4) is 5.75 Å². The Balaban J connectivity index is 2.35. The summed E-state index contributed by atoms with van der Waals surface area (Å²) < 4.78 is 5.13. The van der Waals surface area contributed by atoms with Gasteiger partial charge in [0.05, 0.1) is 7.11 Å². The number of hydrogen-bond acceptors (Lipinski definition) is 3. The molecule has 26 heavy (non-hydrogen) atoms. The summed E-state index contributed by atoms with van der Waals surface area (Å²) in [7, 11) is 1.63. The highest BCUT2D eigenvalue weighted by molar-refractivity contribution is 5.94. The molecule has 0 saturated carbocycles. The molecule has 1 aromatic carbocycles. The van der Waals surface area contributed by atoms with Crippen LogP contribution in [0.25, 0.3) is 0 Å². The average Bonchev–Trinajstić information content (AvgIpc) is 2.67. The number of amides is 1. The first-order valence-electron chi connectivity index (χ1n) is 10.4. The molecule has 0 saturated heterocycles. The monoisotopic (exact) mass is 362 g/mol. The van der Waals surface area contributed by atoms with E-state index < -0.39 is 0 Å². The summed E-state index contributed by atoms with van der Waals surface area (Å²) in [5, 5.41) is 3.05. The maximum absolute atomic E-state index is 12.3. The Morgan fingerprint density at radius 2 is 1.46 bits per heavy atom. The summed E-state index contributed by atoms with van der Waals surface area (Å²) in [6, 6.07) is 7.26. The summed E-state index contributed by atoms with van der Waals surface area (Å²) in [6.45, 7) is 8.41. The van der Waals surface area contributed by atoms with E-state index in [0.29, 0.717) is 12.1 Å². The van der Waals surface area contributed by atoms with Crippen molar-refractivity contribution in [2.75, 3.05) is 33.3 Å². The molecule has 4 nitrogen and oxygen atoms in total. The van der Waals surface area contributed by atoms with Crippen LogP contribution in [0.1, 0.15) is 75.6 Å². The van der Waals surface area contributed by atoms with Gasteiger partial charge < -0.3 is 15.0 Å². The predicted octanol–water partition coefficient (Wildman–Crippen LogP) is 4.89. The first kappa shape index (κ1) is 22.5. The van der Waals surface area contributed by atoms with Gasteiger partial charge in [0.15, 0.2) is 0 Å². The van der Waals surface area contributed by atoms with E-state index in [9.17, 15) is 4.79 Å². The molecule has 0 atom stereocenters. The normalized spacial score (nSPS) is 10.9. The van der Waals surface area contributed by atoms with E-state index in [2.05, 4.69) is 24.1 Å². The third-order valence-electron chi connectivity index (χ3n) is 4.72. The molecule has 0 unspecified atom stereocenters. The van der Waals surface area contributed by atoms with E-state index in [-0.39, 0.29) is 5.91 Å². The molecule has 0 aromatic heterocycles. The minimum absolute atomic E-state index is 0.00966. The Morgan fingerprint density at radius 3 is 1.96 bits per heavy atom. The summed E-state index contributed by atoms with van der Waals surface area (Å²) in [4.78, 5) is 14.8. The van der Waals surface area contributed by atoms with Crippen LogP contribution >= 0.6 is 0 Å². The molecule has 1 amide bonds. The van der Waals surface area contributed by atoms with Crippen LogP contribution in [0.5, 0.6) is 5.75 Å². The molecule has 1 aromatic rings. The molecule has 0 aliphatic heterocycles. The summed E-state index contributed by atoms with van der Waals surface area (Å²) in [5.74, 6) is 0.761. The maximum Gasteiger partial charge on any atom is 0.251 e. The van der Waals surface area contributed by atoms with Gasteiger partial charge in [-0.15, -0.1) is 0 Å².